The van der Waals surface area contributed by atoms with E-state index in [-0.39, 0.29) is 5.91 Å². The quantitative estimate of drug-likeness (QED) is 0.645. The van der Waals surface area contributed by atoms with Gasteiger partial charge in [0, 0.05) is 19.1 Å². The highest BCUT2D eigenvalue weighted by Crippen LogP contribution is 2.17. The maximum absolute atomic E-state index is 11.8. The fourth-order valence-corrected chi connectivity index (χ4v) is 2.85. The zero-order valence-electron chi connectivity index (χ0n) is 11.1. The zero-order valence-corrected chi connectivity index (χ0v) is 12.7. The maximum atomic E-state index is 11.8. The van der Waals surface area contributed by atoms with Crippen LogP contribution in [0.25, 0.3) is 0 Å². The van der Waals surface area contributed by atoms with E-state index in [1.165, 1.54) is 44.8 Å². The molecule has 0 aliphatic heterocycles. The van der Waals surface area contributed by atoms with Crippen LogP contribution in [0.15, 0.2) is 21.2 Å². The molecule has 0 unspecified atom stereocenters. The summed E-state index contributed by atoms with van der Waals surface area (Å²) in [7, 11) is 0. The van der Waals surface area contributed by atoms with E-state index in [4.69, 9.17) is 4.42 Å². The van der Waals surface area contributed by atoms with Crippen molar-refractivity contribution < 1.29 is 9.21 Å². The molecule has 1 aliphatic carbocycles. The summed E-state index contributed by atoms with van der Waals surface area (Å²) in [5, 5.41) is 6.38. The minimum atomic E-state index is -0.167. The van der Waals surface area contributed by atoms with Gasteiger partial charge in [-0.3, -0.25) is 4.79 Å². The minimum absolute atomic E-state index is 0.167. The second-order valence-electron chi connectivity index (χ2n) is 5.00. The first-order valence-corrected chi connectivity index (χ1v) is 7.81. The van der Waals surface area contributed by atoms with Gasteiger partial charge >= 0.3 is 0 Å². The monoisotopic (exact) mass is 328 g/mol. The van der Waals surface area contributed by atoms with Crippen molar-refractivity contribution in [2.45, 2.75) is 44.6 Å². The number of nitrogens with one attached hydrogen (secondary N) is 2. The smallest absolute Gasteiger partial charge is 0.288 e. The maximum Gasteiger partial charge on any atom is 0.288 e. The lowest BCUT2D eigenvalue weighted by atomic mass is 10.1. The number of hydrogen-bond donors (Lipinski definition) is 2. The molecule has 0 radical (unpaired) electrons. The fourth-order valence-electron chi connectivity index (χ4n) is 2.47. The van der Waals surface area contributed by atoms with Crippen molar-refractivity contribution in [3.8, 4) is 0 Å². The number of amides is 1. The Morgan fingerprint density at radius 1 is 1.26 bits per heavy atom. The average Bonchev–Trinajstić information content (AvgIpc) is 2.68. The van der Waals surface area contributed by atoms with Crippen molar-refractivity contribution in [1.29, 1.82) is 0 Å². The van der Waals surface area contributed by atoms with Gasteiger partial charge in [0.15, 0.2) is 0 Å². The molecule has 2 rings (SSSR count). The molecule has 1 fully saturated rings. The number of furan rings is 1. The third-order valence-corrected chi connectivity index (χ3v) is 4.15. The summed E-state index contributed by atoms with van der Waals surface area (Å²) in [4.78, 5) is 11.8. The van der Waals surface area contributed by atoms with Gasteiger partial charge < -0.3 is 15.1 Å². The molecule has 0 spiro atoms. The molecule has 0 atom stereocenters. The minimum Gasteiger partial charge on any atom is -0.458 e. The van der Waals surface area contributed by atoms with Gasteiger partial charge in [0.25, 0.3) is 5.91 Å². The molecule has 1 aromatic heterocycles. The van der Waals surface area contributed by atoms with E-state index in [9.17, 15) is 4.79 Å². The number of halogens is 1. The van der Waals surface area contributed by atoms with Crippen molar-refractivity contribution in [3.05, 3.63) is 22.6 Å². The molecule has 0 bridgehead atoms. The molecule has 4 nitrogen and oxygen atoms in total. The zero-order chi connectivity index (χ0) is 13.5. The number of carbonyl (C=O) groups is 1. The van der Waals surface area contributed by atoms with Crippen LogP contribution in [0.4, 0.5) is 0 Å². The Labute approximate surface area is 122 Å². The summed E-state index contributed by atoms with van der Waals surface area (Å²) in [6, 6.07) is 2.34. The van der Waals surface area contributed by atoms with E-state index < -0.39 is 0 Å². The second-order valence-corrected chi connectivity index (χ2v) is 5.85. The molecule has 19 heavy (non-hydrogen) atoms. The summed E-state index contributed by atoms with van der Waals surface area (Å²) in [5.41, 5.74) is 0. The van der Waals surface area contributed by atoms with Crippen molar-refractivity contribution >= 4 is 21.8 Å². The summed E-state index contributed by atoms with van der Waals surface area (Å²) in [6.45, 7) is 1.44. The predicted octanol–water partition coefficient (Wildman–Crippen LogP) is 3.08. The molecule has 1 aliphatic rings. The van der Waals surface area contributed by atoms with Crippen LogP contribution in [-0.2, 0) is 0 Å². The number of rotatable bonds is 5. The van der Waals surface area contributed by atoms with Crippen LogP contribution in [-0.4, -0.2) is 25.0 Å². The normalized spacial score (nSPS) is 17.1. The van der Waals surface area contributed by atoms with Gasteiger partial charge in [-0.15, -0.1) is 0 Å². The lowest BCUT2D eigenvalue weighted by Gasteiger charge is -2.16. The van der Waals surface area contributed by atoms with Gasteiger partial charge in [0.1, 0.15) is 0 Å². The highest BCUT2D eigenvalue weighted by Gasteiger charge is 2.14. The molecular weight excluding hydrogens is 308 g/mol. The molecule has 1 amide bonds. The first-order valence-electron chi connectivity index (χ1n) is 7.02. The summed E-state index contributed by atoms with van der Waals surface area (Å²) < 4.78 is 5.81. The van der Waals surface area contributed by atoms with Crippen LogP contribution < -0.4 is 10.6 Å². The largest absolute Gasteiger partial charge is 0.458 e. The highest BCUT2D eigenvalue weighted by molar-refractivity contribution is 9.10. The lowest BCUT2D eigenvalue weighted by Crippen LogP contribution is -2.36. The molecule has 0 saturated heterocycles. The van der Waals surface area contributed by atoms with Gasteiger partial charge in [-0.05, 0) is 34.8 Å². The van der Waals surface area contributed by atoms with E-state index in [0.717, 1.165) is 6.54 Å². The Balaban J connectivity index is 1.64. The van der Waals surface area contributed by atoms with E-state index in [1.807, 2.05) is 0 Å². The van der Waals surface area contributed by atoms with Crippen LogP contribution in [0, 0.1) is 0 Å². The summed E-state index contributed by atoms with van der Waals surface area (Å²) in [6.07, 6.45) is 9.40. The van der Waals surface area contributed by atoms with Gasteiger partial charge in [-0.1, -0.05) is 25.7 Å². The van der Waals surface area contributed by atoms with Crippen LogP contribution >= 0.6 is 15.9 Å². The van der Waals surface area contributed by atoms with E-state index in [1.54, 1.807) is 6.07 Å². The summed E-state index contributed by atoms with van der Waals surface area (Å²) in [5.74, 6) is 0.175. The van der Waals surface area contributed by atoms with Crippen molar-refractivity contribution in [2.24, 2.45) is 0 Å². The Morgan fingerprint density at radius 2 is 2.00 bits per heavy atom. The van der Waals surface area contributed by atoms with E-state index in [2.05, 4.69) is 26.6 Å². The first kappa shape index (κ1) is 14.6. The van der Waals surface area contributed by atoms with Gasteiger partial charge in [0.2, 0.25) is 5.76 Å². The molecule has 106 valence electrons. The summed E-state index contributed by atoms with van der Waals surface area (Å²) >= 11 is 3.28. The van der Waals surface area contributed by atoms with Gasteiger partial charge in [0.05, 0.1) is 10.7 Å². The van der Waals surface area contributed by atoms with Crippen LogP contribution in [0.2, 0.25) is 0 Å². The van der Waals surface area contributed by atoms with Crippen LogP contribution in [0.3, 0.4) is 0 Å². The van der Waals surface area contributed by atoms with E-state index >= 15 is 0 Å². The third kappa shape index (κ3) is 4.66. The van der Waals surface area contributed by atoms with Gasteiger partial charge in [-0.25, -0.2) is 0 Å². The van der Waals surface area contributed by atoms with Gasteiger partial charge in [-0.2, -0.15) is 0 Å². The molecule has 2 N–H and O–H groups in total. The first-order chi connectivity index (χ1) is 9.27. The molecule has 1 saturated carbocycles. The molecule has 0 aromatic carbocycles. The van der Waals surface area contributed by atoms with Crippen molar-refractivity contribution in [2.75, 3.05) is 13.1 Å². The van der Waals surface area contributed by atoms with Crippen LogP contribution in [0.1, 0.15) is 49.1 Å². The Morgan fingerprint density at radius 3 is 2.63 bits per heavy atom. The molecule has 1 heterocycles. The van der Waals surface area contributed by atoms with E-state index in [0.29, 0.717) is 22.8 Å². The average molecular weight is 329 g/mol. The Kier molecular flexibility index (Phi) is 5.92. The Bertz CT molecular complexity index is 398. The fraction of sp³-hybridized carbons (Fsp3) is 0.643. The Hall–Kier alpha value is -0.810. The molecule has 5 heteroatoms. The SMILES string of the molecule is O=C(NCCNC1CCCCCC1)c1occc1Br. The topological polar surface area (TPSA) is 54.3 Å². The standard InChI is InChI=1S/C14H21BrN2O2/c15-12-7-10-19-13(12)14(18)17-9-8-16-11-5-3-1-2-4-6-11/h7,10-11,16H,1-6,8-9H2,(H,17,18). The molecular formula is C14H21BrN2O2. The lowest BCUT2D eigenvalue weighted by molar-refractivity contribution is 0.0924. The number of carbonyl (C=O) groups excluding carboxylic acids is 1. The molecule has 1 aromatic rings. The third-order valence-electron chi connectivity index (χ3n) is 3.52. The van der Waals surface area contributed by atoms with Crippen LogP contribution in [0.5, 0.6) is 0 Å². The van der Waals surface area contributed by atoms with Crippen molar-refractivity contribution in [1.82, 2.24) is 10.6 Å². The number of hydrogen-bond acceptors (Lipinski definition) is 3. The predicted molar refractivity (Wildman–Crippen MR) is 78.2 cm³/mol. The van der Waals surface area contributed by atoms with Crippen molar-refractivity contribution in [3.63, 3.8) is 0 Å². The second kappa shape index (κ2) is 7.70. The highest BCUT2D eigenvalue weighted by atomic mass is 79.9.